The van der Waals surface area contributed by atoms with Crippen LogP contribution >= 0.6 is 0 Å². The van der Waals surface area contributed by atoms with Crippen LogP contribution in [0, 0.1) is 0 Å². The molecule has 1 aromatic carbocycles. The molecule has 100 valence electrons. The van der Waals surface area contributed by atoms with Gasteiger partial charge in [-0.15, -0.1) is 0 Å². The van der Waals surface area contributed by atoms with E-state index in [1.807, 2.05) is 0 Å². The molecule has 1 amide bonds. The maximum absolute atomic E-state index is 13.0. The van der Waals surface area contributed by atoms with Crippen LogP contribution in [0.15, 0.2) is 29.4 Å². The Morgan fingerprint density at radius 1 is 1.26 bits per heavy atom. The van der Waals surface area contributed by atoms with E-state index in [0.29, 0.717) is 11.3 Å². The van der Waals surface area contributed by atoms with E-state index in [4.69, 9.17) is 5.53 Å². The second-order valence-corrected chi connectivity index (χ2v) is 4.38. The molecule has 1 heterocycles. The number of hydrogen-bond acceptors (Lipinski definition) is 2. The van der Waals surface area contributed by atoms with Crippen LogP contribution in [-0.4, -0.2) is 29.8 Å². The highest BCUT2D eigenvalue weighted by atomic mass is 19.3. The van der Waals surface area contributed by atoms with Gasteiger partial charge >= 0.3 is 0 Å². The summed E-state index contributed by atoms with van der Waals surface area (Å²) in [6, 6.07) is 6.09. The molecule has 0 N–H and O–H groups in total. The number of halogens is 2. The summed E-state index contributed by atoms with van der Waals surface area (Å²) in [7, 11) is 0. The first kappa shape index (κ1) is 13.3. The number of nitrogens with zero attached hydrogens (tertiary/aromatic N) is 4. The van der Waals surface area contributed by atoms with Crippen molar-refractivity contribution >= 4 is 11.6 Å². The van der Waals surface area contributed by atoms with E-state index in [-0.39, 0.29) is 31.8 Å². The van der Waals surface area contributed by atoms with Gasteiger partial charge in [-0.25, -0.2) is 8.78 Å². The summed E-state index contributed by atoms with van der Waals surface area (Å²) in [6.45, 7) is 0.119. The molecule has 7 heteroatoms. The predicted octanol–water partition coefficient (Wildman–Crippen LogP) is 3.50. The first-order valence-corrected chi connectivity index (χ1v) is 5.84. The molecule has 1 aliphatic rings. The molecule has 0 radical (unpaired) electrons. The van der Waals surface area contributed by atoms with Crippen molar-refractivity contribution in [3.8, 4) is 0 Å². The average molecular weight is 266 g/mol. The molecule has 1 aliphatic heterocycles. The minimum atomic E-state index is -2.66. The highest BCUT2D eigenvalue weighted by molar-refractivity contribution is 5.94. The third-order valence-corrected chi connectivity index (χ3v) is 3.06. The maximum Gasteiger partial charge on any atom is 0.253 e. The van der Waals surface area contributed by atoms with Gasteiger partial charge in [0.1, 0.15) is 0 Å². The second-order valence-electron chi connectivity index (χ2n) is 4.38. The smallest absolute Gasteiger partial charge is 0.253 e. The Bertz CT molecular complexity index is 513. The lowest BCUT2D eigenvalue weighted by molar-refractivity contribution is -0.0494. The van der Waals surface area contributed by atoms with Crippen LogP contribution in [0.2, 0.25) is 0 Å². The van der Waals surface area contributed by atoms with Gasteiger partial charge < -0.3 is 4.90 Å². The standard InChI is InChI=1S/C12H12F2N4O/c13-12(14)5-7-18(8-6-12)11(19)9-1-3-10(4-2-9)16-17-15/h1-4H,5-8H2. The number of azide groups is 1. The molecule has 0 aliphatic carbocycles. The number of likely N-dealkylation sites (tertiary alicyclic amines) is 1. The van der Waals surface area contributed by atoms with Gasteiger partial charge in [-0.1, -0.05) is 17.2 Å². The summed E-state index contributed by atoms with van der Waals surface area (Å²) in [4.78, 5) is 16.1. The number of piperidine rings is 1. The van der Waals surface area contributed by atoms with E-state index in [1.54, 1.807) is 0 Å². The number of hydrogen-bond donors (Lipinski definition) is 0. The van der Waals surface area contributed by atoms with Crippen LogP contribution in [-0.2, 0) is 0 Å². The molecule has 1 fully saturated rings. The summed E-state index contributed by atoms with van der Waals surface area (Å²) in [5, 5.41) is 3.40. The largest absolute Gasteiger partial charge is 0.338 e. The zero-order valence-corrected chi connectivity index (χ0v) is 10.1. The Morgan fingerprint density at radius 3 is 2.37 bits per heavy atom. The Labute approximate surface area is 108 Å². The number of benzene rings is 1. The van der Waals surface area contributed by atoms with Crippen LogP contribution < -0.4 is 0 Å². The zero-order valence-electron chi connectivity index (χ0n) is 10.1. The van der Waals surface area contributed by atoms with Gasteiger partial charge in [-0.3, -0.25) is 4.79 Å². The van der Waals surface area contributed by atoms with Gasteiger partial charge in [-0.2, -0.15) is 0 Å². The lowest BCUT2D eigenvalue weighted by Gasteiger charge is -2.31. The number of alkyl halides is 2. The van der Waals surface area contributed by atoms with Gasteiger partial charge in [-0.05, 0) is 17.7 Å². The molecule has 2 rings (SSSR count). The van der Waals surface area contributed by atoms with Crippen molar-refractivity contribution < 1.29 is 13.6 Å². The van der Waals surface area contributed by atoms with Gasteiger partial charge in [0, 0.05) is 42.1 Å². The van der Waals surface area contributed by atoms with Crippen molar-refractivity contribution in [2.75, 3.05) is 13.1 Å². The van der Waals surface area contributed by atoms with Crippen LogP contribution in [0.25, 0.3) is 10.4 Å². The SMILES string of the molecule is [N-]=[N+]=Nc1ccc(C(=O)N2CCC(F)(F)CC2)cc1. The van der Waals surface area contributed by atoms with Crippen molar-refractivity contribution in [3.63, 3.8) is 0 Å². The fraction of sp³-hybridized carbons (Fsp3) is 0.417. The first-order chi connectivity index (χ1) is 9.02. The monoisotopic (exact) mass is 266 g/mol. The van der Waals surface area contributed by atoms with Crippen LogP contribution in [0.5, 0.6) is 0 Å². The molecular weight excluding hydrogens is 254 g/mol. The Hall–Kier alpha value is -2.14. The summed E-state index contributed by atoms with van der Waals surface area (Å²) >= 11 is 0. The maximum atomic E-state index is 13.0. The van der Waals surface area contributed by atoms with Crippen LogP contribution in [0.3, 0.4) is 0 Å². The van der Waals surface area contributed by atoms with E-state index >= 15 is 0 Å². The fourth-order valence-electron chi connectivity index (χ4n) is 1.94. The normalized spacial score (nSPS) is 17.7. The van der Waals surface area contributed by atoms with Gasteiger partial charge in [0.05, 0.1) is 0 Å². The summed E-state index contributed by atoms with van der Waals surface area (Å²) < 4.78 is 26.0. The molecule has 19 heavy (non-hydrogen) atoms. The zero-order chi connectivity index (χ0) is 13.9. The number of rotatable bonds is 2. The van der Waals surface area contributed by atoms with Crippen molar-refractivity contribution in [3.05, 3.63) is 40.3 Å². The molecule has 0 saturated carbocycles. The Kier molecular flexibility index (Phi) is 3.66. The molecular formula is C12H12F2N4O. The van der Waals surface area contributed by atoms with Gasteiger partial charge in [0.2, 0.25) is 0 Å². The van der Waals surface area contributed by atoms with Crippen LogP contribution in [0.4, 0.5) is 14.5 Å². The molecule has 0 unspecified atom stereocenters. The van der Waals surface area contributed by atoms with E-state index in [9.17, 15) is 13.6 Å². The quantitative estimate of drug-likeness (QED) is 0.459. The van der Waals surface area contributed by atoms with Gasteiger partial charge in [0.25, 0.3) is 11.8 Å². The van der Waals surface area contributed by atoms with Gasteiger partial charge in [0.15, 0.2) is 0 Å². The fourth-order valence-corrected chi connectivity index (χ4v) is 1.94. The van der Waals surface area contributed by atoms with Crippen molar-refractivity contribution in [1.29, 1.82) is 0 Å². The Balaban J connectivity index is 2.06. The average Bonchev–Trinajstić information content (AvgIpc) is 2.39. The topological polar surface area (TPSA) is 69.1 Å². The van der Waals surface area contributed by atoms with E-state index in [1.165, 1.54) is 29.2 Å². The molecule has 0 spiro atoms. The van der Waals surface area contributed by atoms with Crippen molar-refractivity contribution in [2.45, 2.75) is 18.8 Å². The molecule has 0 atom stereocenters. The van der Waals surface area contributed by atoms with E-state index in [0.717, 1.165) is 0 Å². The third kappa shape index (κ3) is 3.20. The number of carbonyl (C=O) groups excluding carboxylic acids is 1. The third-order valence-electron chi connectivity index (χ3n) is 3.06. The van der Waals surface area contributed by atoms with Crippen molar-refractivity contribution in [1.82, 2.24) is 4.90 Å². The van der Waals surface area contributed by atoms with Crippen LogP contribution in [0.1, 0.15) is 23.2 Å². The Morgan fingerprint density at radius 2 is 1.84 bits per heavy atom. The second kappa shape index (κ2) is 5.24. The predicted molar refractivity (Wildman–Crippen MR) is 65.3 cm³/mol. The lowest BCUT2D eigenvalue weighted by atomic mass is 10.1. The molecule has 5 nitrogen and oxygen atoms in total. The minimum absolute atomic E-state index is 0.0595. The highest BCUT2D eigenvalue weighted by Gasteiger charge is 2.35. The van der Waals surface area contributed by atoms with E-state index < -0.39 is 5.92 Å². The molecule has 0 aromatic heterocycles. The summed E-state index contributed by atoms with van der Waals surface area (Å²) in [5.41, 5.74) is 9.07. The minimum Gasteiger partial charge on any atom is -0.338 e. The summed E-state index contributed by atoms with van der Waals surface area (Å²) in [5.74, 6) is -2.94. The van der Waals surface area contributed by atoms with E-state index in [2.05, 4.69) is 10.0 Å². The molecule has 0 bridgehead atoms. The number of carbonyl (C=O) groups is 1. The first-order valence-electron chi connectivity index (χ1n) is 5.84. The highest BCUT2D eigenvalue weighted by Crippen LogP contribution is 2.28. The molecule has 1 aromatic rings. The number of amides is 1. The molecule has 1 saturated heterocycles. The lowest BCUT2D eigenvalue weighted by Crippen LogP contribution is -2.42. The van der Waals surface area contributed by atoms with Crippen molar-refractivity contribution in [2.24, 2.45) is 5.11 Å². The summed E-state index contributed by atoms with van der Waals surface area (Å²) in [6.07, 6.45) is -0.592.